The predicted molar refractivity (Wildman–Crippen MR) is 69.0 cm³/mol. The van der Waals surface area contributed by atoms with Crippen LogP contribution in [0.2, 0.25) is 0 Å². The Morgan fingerprint density at radius 3 is 2.82 bits per heavy atom. The second-order valence-corrected chi connectivity index (χ2v) is 4.91. The number of aryl methyl sites for hydroxylation is 2. The Balaban J connectivity index is 2.49. The summed E-state index contributed by atoms with van der Waals surface area (Å²) in [4.78, 5) is 11.1. The number of aromatic nitrogens is 2. The van der Waals surface area contributed by atoms with Gasteiger partial charge in [0.2, 0.25) is 0 Å². The average Bonchev–Trinajstić information content (AvgIpc) is 2.54. The fraction of sp³-hybridized carbons (Fsp3) is 0.600. The van der Waals surface area contributed by atoms with Crippen LogP contribution >= 0.6 is 27.5 Å². The topological polar surface area (TPSA) is 56.1 Å². The fourth-order valence-corrected chi connectivity index (χ4v) is 2.07. The molecule has 1 N–H and O–H groups in total. The third-order valence-electron chi connectivity index (χ3n) is 2.33. The molecule has 1 aromatic heterocycles. The maximum Gasteiger partial charge on any atom is 0.325 e. The highest BCUT2D eigenvalue weighted by Gasteiger charge is 2.16. The summed E-state index contributed by atoms with van der Waals surface area (Å²) in [6, 6.07) is 0. The molecule has 0 radical (unpaired) electrons. The zero-order chi connectivity index (χ0) is 13.0. The number of carbonyl (C=O) groups is 1. The SMILES string of the molecule is COC(=O)C(Cl)CNCc1c(Br)c(C)nn1C. The number of carbonyl (C=O) groups excluding carboxylic acids is 1. The molecule has 0 aliphatic carbocycles. The molecule has 0 saturated heterocycles. The smallest absolute Gasteiger partial charge is 0.325 e. The van der Waals surface area contributed by atoms with Crippen molar-refractivity contribution in [3.63, 3.8) is 0 Å². The van der Waals surface area contributed by atoms with Gasteiger partial charge in [-0.3, -0.25) is 9.48 Å². The van der Waals surface area contributed by atoms with Gasteiger partial charge in [-0.05, 0) is 22.9 Å². The van der Waals surface area contributed by atoms with Gasteiger partial charge >= 0.3 is 5.97 Å². The Kier molecular flexibility index (Phi) is 5.42. The van der Waals surface area contributed by atoms with Crippen molar-refractivity contribution < 1.29 is 9.53 Å². The van der Waals surface area contributed by atoms with Crippen LogP contribution in [0.5, 0.6) is 0 Å². The summed E-state index contributed by atoms with van der Waals surface area (Å²) in [6.07, 6.45) is 0. The number of nitrogens with zero attached hydrogens (tertiary/aromatic N) is 2. The van der Waals surface area contributed by atoms with Crippen molar-refractivity contribution in [3.05, 3.63) is 15.9 Å². The minimum atomic E-state index is -0.673. The number of rotatable bonds is 5. The summed E-state index contributed by atoms with van der Waals surface area (Å²) in [5.74, 6) is -0.431. The number of ether oxygens (including phenoxy) is 1. The minimum absolute atomic E-state index is 0.352. The molecule has 0 aliphatic heterocycles. The lowest BCUT2D eigenvalue weighted by Crippen LogP contribution is -2.30. The molecule has 7 heteroatoms. The highest BCUT2D eigenvalue weighted by Crippen LogP contribution is 2.19. The molecule has 1 heterocycles. The molecule has 1 unspecified atom stereocenters. The largest absolute Gasteiger partial charge is 0.468 e. The fourth-order valence-electron chi connectivity index (χ4n) is 1.40. The number of halogens is 2. The van der Waals surface area contributed by atoms with E-state index < -0.39 is 11.3 Å². The van der Waals surface area contributed by atoms with E-state index in [0.717, 1.165) is 15.9 Å². The van der Waals surface area contributed by atoms with Gasteiger partial charge in [0, 0.05) is 20.1 Å². The van der Waals surface area contributed by atoms with E-state index >= 15 is 0 Å². The third-order valence-corrected chi connectivity index (χ3v) is 3.70. The molecule has 1 aromatic rings. The third kappa shape index (κ3) is 3.69. The second-order valence-electron chi connectivity index (χ2n) is 3.59. The van der Waals surface area contributed by atoms with Gasteiger partial charge in [0.25, 0.3) is 0 Å². The summed E-state index contributed by atoms with van der Waals surface area (Å²) < 4.78 is 7.28. The minimum Gasteiger partial charge on any atom is -0.468 e. The summed E-state index contributed by atoms with van der Waals surface area (Å²) >= 11 is 9.27. The van der Waals surface area contributed by atoms with E-state index in [-0.39, 0.29) is 0 Å². The van der Waals surface area contributed by atoms with E-state index in [1.165, 1.54) is 7.11 Å². The Hall–Kier alpha value is -0.590. The lowest BCUT2D eigenvalue weighted by molar-refractivity contribution is -0.140. The van der Waals surface area contributed by atoms with Crippen LogP contribution in [0.15, 0.2) is 4.47 Å². The van der Waals surface area contributed by atoms with Gasteiger partial charge in [-0.1, -0.05) is 0 Å². The maximum atomic E-state index is 11.1. The van der Waals surface area contributed by atoms with Crippen LogP contribution in [0, 0.1) is 6.92 Å². The van der Waals surface area contributed by atoms with Crippen molar-refractivity contribution in [2.45, 2.75) is 18.8 Å². The molecule has 1 atom stereocenters. The van der Waals surface area contributed by atoms with Crippen LogP contribution < -0.4 is 5.32 Å². The van der Waals surface area contributed by atoms with Gasteiger partial charge in [-0.15, -0.1) is 11.6 Å². The first-order chi connectivity index (χ1) is 7.97. The lowest BCUT2D eigenvalue weighted by Gasteiger charge is -2.09. The molecular formula is C10H15BrClN3O2. The number of alkyl halides is 1. The molecule has 5 nitrogen and oxygen atoms in total. The number of nitrogens with one attached hydrogen (secondary N) is 1. The van der Waals surface area contributed by atoms with Crippen LogP contribution in [0.4, 0.5) is 0 Å². The second kappa shape index (κ2) is 6.37. The molecular weight excluding hydrogens is 309 g/mol. The summed E-state index contributed by atoms with van der Waals surface area (Å²) in [6.45, 7) is 2.86. The van der Waals surface area contributed by atoms with E-state index in [9.17, 15) is 4.79 Å². The van der Waals surface area contributed by atoms with Crippen molar-refractivity contribution in [1.82, 2.24) is 15.1 Å². The molecule has 0 fully saturated rings. The van der Waals surface area contributed by atoms with Crippen molar-refractivity contribution in [2.24, 2.45) is 7.05 Å². The molecule has 0 saturated carbocycles. The standard InChI is InChI=1S/C10H15BrClN3O2/c1-6-9(11)8(15(2)14-6)5-13-4-7(12)10(16)17-3/h7,13H,4-5H2,1-3H3. The highest BCUT2D eigenvalue weighted by molar-refractivity contribution is 9.10. The Morgan fingerprint density at radius 1 is 1.71 bits per heavy atom. The van der Waals surface area contributed by atoms with E-state index in [0.29, 0.717) is 13.1 Å². The summed E-state index contributed by atoms with van der Waals surface area (Å²) in [5, 5.41) is 6.68. The number of methoxy groups -OCH3 is 1. The van der Waals surface area contributed by atoms with Crippen LogP contribution in [-0.2, 0) is 23.1 Å². The molecule has 96 valence electrons. The van der Waals surface area contributed by atoms with Gasteiger partial charge in [0.1, 0.15) is 5.38 Å². The number of hydrogen-bond donors (Lipinski definition) is 1. The molecule has 0 bridgehead atoms. The van der Waals surface area contributed by atoms with E-state index in [2.05, 4.69) is 31.1 Å². The molecule has 17 heavy (non-hydrogen) atoms. The molecule has 0 aliphatic rings. The first-order valence-corrected chi connectivity index (χ1v) is 6.31. The maximum absolute atomic E-state index is 11.1. The Morgan fingerprint density at radius 2 is 2.35 bits per heavy atom. The van der Waals surface area contributed by atoms with Gasteiger partial charge in [0.15, 0.2) is 0 Å². The van der Waals surface area contributed by atoms with Gasteiger partial charge in [-0.25, -0.2) is 0 Å². The van der Waals surface area contributed by atoms with Crippen LogP contribution in [0.1, 0.15) is 11.4 Å². The molecule has 1 rings (SSSR count). The molecule has 0 amide bonds. The first kappa shape index (κ1) is 14.5. The molecule has 0 aromatic carbocycles. The Labute approximate surface area is 114 Å². The first-order valence-electron chi connectivity index (χ1n) is 5.08. The summed E-state index contributed by atoms with van der Waals surface area (Å²) in [5.41, 5.74) is 1.94. The van der Waals surface area contributed by atoms with Gasteiger partial charge in [-0.2, -0.15) is 5.10 Å². The van der Waals surface area contributed by atoms with Crippen LogP contribution in [-0.4, -0.2) is 34.8 Å². The number of esters is 1. The molecule has 0 spiro atoms. The van der Waals surface area contributed by atoms with Gasteiger partial charge in [0.05, 0.1) is 23.0 Å². The average molecular weight is 325 g/mol. The van der Waals surface area contributed by atoms with Crippen molar-refractivity contribution in [3.8, 4) is 0 Å². The van der Waals surface area contributed by atoms with Crippen LogP contribution in [0.25, 0.3) is 0 Å². The predicted octanol–water partition coefficient (Wildman–Crippen LogP) is 1.36. The normalized spacial score (nSPS) is 12.5. The monoisotopic (exact) mass is 323 g/mol. The van der Waals surface area contributed by atoms with Gasteiger partial charge < -0.3 is 10.1 Å². The Bertz CT molecular complexity index is 409. The zero-order valence-electron chi connectivity index (χ0n) is 9.96. The zero-order valence-corrected chi connectivity index (χ0v) is 12.3. The van der Waals surface area contributed by atoms with Crippen molar-refractivity contribution in [1.29, 1.82) is 0 Å². The summed E-state index contributed by atoms with van der Waals surface area (Å²) in [7, 11) is 3.19. The van der Waals surface area contributed by atoms with Crippen molar-refractivity contribution >= 4 is 33.5 Å². The van der Waals surface area contributed by atoms with Crippen molar-refractivity contribution in [2.75, 3.05) is 13.7 Å². The van der Waals surface area contributed by atoms with E-state index in [1.807, 2.05) is 14.0 Å². The van der Waals surface area contributed by atoms with E-state index in [4.69, 9.17) is 11.6 Å². The van der Waals surface area contributed by atoms with Crippen LogP contribution in [0.3, 0.4) is 0 Å². The highest BCUT2D eigenvalue weighted by atomic mass is 79.9. The lowest BCUT2D eigenvalue weighted by atomic mass is 10.3. The number of hydrogen-bond acceptors (Lipinski definition) is 4. The van der Waals surface area contributed by atoms with E-state index in [1.54, 1.807) is 4.68 Å². The quantitative estimate of drug-likeness (QED) is 0.656.